The maximum absolute atomic E-state index is 12.5. The molecule has 1 aromatic heterocycles. The molecule has 0 spiro atoms. The molecule has 3 rings (SSSR count). The molecule has 2 heterocycles. The number of hydrogen-bond donors (Lipinski definition) is 2. The average Bonchev–Trinajstić information content (AvgIpc) is 3.14. The maximum Gasteiger partial charge on any atom is 0.274 e. The summed E-state index contributed by atoms with van der Waals surface area (Å²) >= 11 is 0. The lowest BCUT2D eigenvalue weighted by molar-refractivity contribution is -0.116. The number of amides is 2. The molecule has 1 atom stereocenters. The highest BCUT2D eigenvalue weighted by atomic mass is 16.2. The maximum atomic E-state index is 12.5. The molecule has 26 heavy (non-hydrogen) atoms. The van der Waals surface area contributed by atoms with Gasteiger partial charge in [0.15, 0.2) is 0 Å². The van der Waals surface area contributed by atoms with Crippen LogP contribution >= 0.6 is 0 Å². The molecule has 2 aromatic rings. The van der Waals surface area contributed by atoms with Crippen LogP contribution in [0.15, 0.2) is 36.5 Å². The number of aromatic nitrogens is 2. The van der Waals surface area contributed by atoms with Gasteiger partial charge in [0.25, 0.3) is 5.91 Å². The number of carbonyl (C=O) groups is 2. The van der Waals surface area contributed by atoms with Gasteiger partial charge < -0.3 is 15.5 Å². The average molecular weight is 355 g/mol. The summed E-state index contributed by atoms with van der Waals surface area (Å²) in [5.41, 5.74) is 2.20. The Kier molecular flexibility index (Phi) is 5.68. The van der Waals surface area contributed by atoms with E-state index in [2.05, 4.69) is 15.7 Å². The predicted octanol–water partition coefficient (Wildman–Crippen LogP) is 1.83. The molecule has 0 radical (unpaired) electrons. The van der Waals surface area contributed by atoms with Crippen LogP contribution in [0.5, 0.6) is 0 Å². The summed E-state index contributed by atoms with van der Waals surface area (Å²) < 4.78 is 1.85. The fraction of sp³-hybridized carbons (Fsp3) is 0.421. The highest BCUT2D eigenvalue weighted by molar-refractivity contribution is 5.98. The first-order valence-corrected chi connectivity index (χ1v) is 8.91. The van der Waals surface area contributed by atoms with Gasteiger partial charge in [0, 0.05) is 25.5 Å². The molecule has 138 valence electrons. The molecule has 0 aliphatic carbocycles. The normalized spacial score (nSPS) is 16.9. The third-order valence-electron chi connectivity index (χ3n) is 4.54. The Morgan fingerprint density at radius 3 is 2.77 bits per heavy atom. The van der Waals surface area contributed by atoms with Gasteiger partial charge >= 0.3 is 0 Å². The summed E-state index contributed by atoms with van der Waals surface area (Å²) in [4.78, 5) is 26.1. The molecule has 1 fully saturated rings. The number of rotatable bonds is 5. The number of benzene rings is 1. The van der Waals surface area contributed by atoms with Gasteiger partial charge in [0.1, 0.15) is 5.69 Å². The van der Waals surface area contributed by atoms with Crippen molar-refractivity contribution in [1.29, 1.82) is 0 Å². The molecule has 1 unspecified atom stereocenters. The van der Waals surface area contributed by atoms with Crippen LogP contribution in [-0.4, -0.2) is 53.2 Å². The van der Waals surface area contributed by atoms with E-state index in [1.165, 1.54) is 4.90 Å². The SMILES string of the molecule is Cc1ccc(NC(=O)CN(C)C(=O)c2ccn(C3CCCNC3)n2)cc1. The molecule has 7 nitrogen and oxygen atoms in total. The fourth-order valence-corrected chi connectivity index (χ4v) is 3.03. The largest absolute Gasteiger partial charge is 0.331 e. The molecule has 0 saturated carbocycles. The van der Waals surface area contributed by atoms with Crippen molar-refractivity contribution in [3.63, 3.8) is 0 Å². The minimum Gasteiger partial charge on any atom is -0.331 e. The number of hydrogen-bond acceptors (Lipinski definition) is 4. The van der Waals surface area contributed by atoms with Crippen molar-refractivity contribution in [3.05, 3.63) is 47.8 Å². The highest BCUT2D eigenvalue weighted by Crippen LogP contribution is 2.16. The quantitative estimate of drug-likeness (QED) is 0.858. The van der Waals surface area contributed by atoms with E-state index in [1.807, 2.05) is 42.1 Å². The lowest BCUT2D eigenvalue weighted by Crippen LogP contribution is -2.35. The monoisotopic (exact) mass is 355 g/mol. The van der Waals surface area contributed by atoms with E-state index in [9.17, 15) is 9.59 Å². The van der Waals surface area contributed by atoms with Crippen molar-refractivity contribution in [1.82, 2.24) is 20.0 Å². The van der Waals surface area contributed by atoms with Gasteiger partial charge in [-0.25, -0.2) is 0 Å². The van der Waals surface area contributed by atoms with Crippen LogP contribution in [0.3, 0.4) is 0 Å². The van der Waals surface area contributed by atoms with Crippen LogP contribution in [-0.2, 0) is 4.79 Å². The number of likely N-dealkylation sites (N-methyl/N-ethyl adjacent to an activating group) is 1. The summed E-state index contributed by atoms with van der Waals surface area (Å²) in [5, 5.41) is 10.5. The summed E-state index contributed by atoms with van der Waals surface area (Å²) in [6.07, 6.45) is 4.00. The van der Waals surface area contributed by atoms with Crippen molar-refractivity contribution in [3.8, 4) is 0 Å². The molecule has 0 bridgehead atoms. The van der Waals surface area contributed by atoms with Crippen LogP contribution in [0, 0.1) is 6.92 Å². The van der Waals surface area contributed by atoms with Crippen LogP contribution in [0.25, 0.3) is 0 Å². The Bertz CT molecular complexity index is 762. The topological polar surface area (TPSA) is 79.3 Å². The van der Waals surface area contributed by atoms with Crippen molar-refractivity contribution in [2.75, 3.05) is 32.0 Å². The second-order valence-electron chi connectivity index (χ2n) is 6.76. The zero-order valence-electron chi connectivity index (χ0n) is 15.2. The van der Waals surface area contributed by atoms with Crippen LogP contribution in [0.2, 0.25) is 0 Å². The second-order valence-corrected chi connectivity index (χ2v) is 6.76. The molecule has 1 aromatic carbocycles. The first-order valence-electron chi connectivity index (χ1n) is 8.91. The number of carbonyl (C=O) groups excluding carboxylic acids is 2. The van der Waals surface area contributed by atoms with E-state index in [4.69, 9.17) is 0 Å². The molecule has 1 saturated heterocycles. The van der Waals surface area contributed by atoms with E-state index >= 15 is 0 Å². The van der Waals surface area contributed by atoms with Gasteiger partial charge in [-0.15, -0.1) is 0 Å². The number of piperidine rings is 1. The van der Waals surface area contributed by atoms with Gasteiger partial charge in [-0.1, -0.05) is 17.7 Å². The second kappa shape index (κ2) is 8.14. The number of nitrogens with zero attached hydrogens (tertiary/aromatic N) is 3. The Hall–Kier alpha value is -2.67. The van der Waals surface area contributed by atoms with E-state index in [0.717, 1.165) is 37.2 Å². The molecule has 1 aliphatic heterocycles. The lowest BCUT2D eigenvalue weighted by Gasteiger charge is -2.23. The van der Waals surface area contributed by atoms with Crippen molar-refractivity contribution >= 4 is 17.5 Å². The van der Waals surface area contributed by atoms with Gasteiger partial charge in [0.05, 0.1) is 12.6 Å². The number of nitrogens with one attached hydrogen (secondary N) is 2. The van der Waals surface area contributed by atoms with E-state index < -0.39 is 0 Å². The van der Waals surface area contributed by atoms with Gasteiger partial charge in [0.2, 0.25) is 5.91 Å². The van der Waals surface area contributed by atoms with Crippen molar-refractivity contribution in [2.45, 2.75) is 25.8 Å². The molecular weight excluding hydrogens is 330 g/mol. The summed E-state index contributed by atoms with van der Waals surface area (Å²) in [5.74, 6) is -0.493. The lowest BCUT2D eigenvalue weighted by atomic mass is 10.1. The highest BCUT2D eigenvalue weighted by Gasteiger charge is 2.20. The van der Waals surface area contributed by atoms with E-state index in [-0.39, 0.29) is 24.4 Å². The molecule has 1 aliphatic rings. The third-order valence-corrected chi connectivity index (χ3v) is 4.54. The molecular formula is C19H25N5O2. The first-order chi connectivity index (χ1) is 12.5. The van der Waals surface area contributed by atoms with Gasteiger partial charge in [-0.05, 0) is 44.5 Å². The van der Waals surface area contributed by atoms with Crippen LogP contribution in [0.4, 0.5) is 5.69 Å². The van der Waals surface area contributed by atoms with E-state index in [1.54, 1.807) is 13.1 Å². The minimum atomic E-state index is -0.258. The van der Waals surface area contributed by atoms with Crippen LogP contribution in [0.1, 0.15) is 34.9 Å². The Morgan fingerprint density at radius 1 is 1.31 bits per heavy atom. The smallest absolute Gasteiger partial charge is 0.274 e. The fourth-order valence-electron chi connectivity index (χ4n) is 3.03. The van der Waals surface area contributed by atoms with E-state index in [0.29, 0.717) is 5.69 Å². The number of anilines is 1. The Balaban J connectivity index is 1.56. The Morgan fingerprint density at radius 2 is 2.08 bits per heavy atom. The standard InChI is InChI=1S/C19H25N5O2/c1-14-5-7-15(8-6-14)21-18(25)13-23(2)19(26)17-9-11-24(22-17)16-4-3-10-20-12-16/h5-9,11,16,20H,3-4,10,12-13H2,1-2H3,(H,21,25). The minimum absolute atomic E-state index is 0.0233. The zero-order chi connectivity index (χ0) is 18.5. The molecule has 7 heteroatoms. The van der Waals surface area contributed by atoms with Crippen molar-refractivity contribution < 1.29 is 9.59 Å². The Labute approximate surface area is 153 Å². The van der Waals surface area contributed by atoms with Crippen molar-refractivity contribution in [2.24, 2.45) is 0 Å². The zero-order valence-corrected chi connectivity index (χ0v) is 15.2. The molecule has 2 N–H and O–H groups in total. The summed E-state index contributed by atoms with van der Waals surface area (Å²) in [7, 11) is 1.61. The number of aryl methyl sites for hydroxylation is 1. The summed E-state index contributed by atoms with van der Waals surface area (Å²) in [6.45, 7) is 3.86. The van der Waals surface area contributed by atoms with Gasteiger partial charge in [-0.2, -0.15) is 5.10 Å². The van der Waals surface area contributed by atoms with Crippen LogP contribution < -0.4 is 10.6 Å². The van der Waals surface area contributed by atoms with Gasteiger partial charge in [-0.3, -0.25) is 14.3 Å². The summed E-state index contributed by atoms with van der Waals surface area (Å²) in [6, 6.07) is 9.53. The molecule has 2 amide bonds. The first kappa shape index (κ1) is 18.1. The predicted molar refractivity (Wildman–Crippen MR) is 100 cm³/mol. The third kappa shape index (κ3) is 4.49.